The van der Waals surface area contributed by atoms with E-state index in [0.717, 1.165) is 103 Å². The van der Waals surface area contributed by atoms with E-state index in [1.807, 2.05) is 0 Å². The van der Waals surface area contributed by atoms with Gasteiger partial charge in [-0.15, -0.1) is 0 Å². The monoisotopic (exact) mass is 560 g/mol. The molecular formula is C34H56O6. The van der Waals surface area contributed by atoms with Crippen molar-refractivity contribution in [1.82, 2.24) is 0 Å². The lowest BCUT2D eigenvalue weighted by atomic mass is 9.50. The van der Waals surface area contributed by atoms with Gasteiger partial charge in [-0.05, 0) is 96.3 Å². The highest BCUT2D eigenvalue weighted by Crippen LogP contribution is 2.63. The molecule has 0 radical (unpaired) electrons. The summed E-state index contributed by atoms with van der Waals surface area (Å²) >= 11 is 0. The van der Waals surface area contributed by atoms with Crippen molar-refractivity contribution in [2.75, 3.05) is 26.4 Å². The number of ether oxygens (including phenoxy) is 5. The van der Waals surface area contributed by atoms with E-state index in [1.54, 1.807) is 6.92 Å². The molecule has 6 fully saturated rings. The van der Waals surface area contributed by atoms with Gasteiger partial charge in [0.05, 0.1) is 35.6 Å². The van der Waals surface area contributed by atoms with Gasteiger partial charge in [0.1, 0.15) is 5.60 Å². The van der Waals surface area contributed by atoms with E-state index in [4.69, 9.17) is 23.7 Å². The van der Waals surface area contributed by atoms with Crippen molar-refractivity contribution in [3.8, 4) is 0 Å². The normalized spacial score (nSPS) is 39.5. The molecule has 0 aromatic rings. The molecule has 4 saturated carbocycles. The maximum absolute atomic E-state index is 12.8. The molecular weight excluding hydrogens is 504 g/mol. The fourth-order valence-corrected chi connectivity index (χ4v) is 9.30. The Labute approximate surface area is 243 Å². The first kappa shape index (κ1) is 30.5. The van der Waals surface area contributed by atoms with Crippen LogP contribution in [0.4, 0.5) is 0 Å². The summed E-state index contributed by atoms with van der Waals surface area (Å²) in [6, 6.07) is 0. The molecule has 2 heterocycles. The minimum Gasteiger partial charge on any atom is -0.455 e. The molecule has 4 atom stereocenters. The van der Waals surface area contributed by atoms with Gasteiger partial charge < -0.3 is 23.7 Å². The molecule has 4 aliphatic carbocycles. The molecule has 6 rings (SSSR count). The first-order valence-corrected chi connectivity index (χ1v) is 16.6. The summed E-state index contributed by atoms with van der Waals surface area (Å²) in [5.41, 5.74) is -0.268. The molecule has 0 N–H and O–H groups in total. The lowest BCUT2D eigenvalue weighted by Gasteiger charge is -2.64. The number of unbranched alkanes of at least 4 members (excludes halogenated alkanes) is 2. The minimum absolute atomic E-state index is 0.134. The van der Waals surface area contributed by atoms with Gasteiger partial charge in [0.2, 0.25) is 0 Å². The molecule has 228 valence electrons. The molecule has 0 amide bonds. The quantitative estimate of drug-likeness (QED) is 0.0976. The van der Waals surface area contributed by atoms with Gasteiger partial charge in [0, 0.05) is 38.0 Å². The molecule has 0 aromatic heterocycles. The molecule has 6 nitrogen and oxygen atoms in total. The summed E-state index contributed by atoms with van der Waals surface area (Å²) < 4.78 is 31.9. The fraction of sp³-hybridized carbons (Fsp3) is 0.912. The lowest BCUT2D eigenvalue weighted by Crippen LogP contribution is -2.68. The lowest BCUT2D eigenvalue weighted by molar-refractivity contribution is -0.284. The Morgan fingerprint density at radius 3 is 1.60 bits per heavy atom. The Bertz CT molecular complexity index is 839. The second-order valence-electron chi connectivity index (χ2n) is 14.4. The van der Waals surface area contributed by atoms with Gasteiger partial charge >= 0.3 is 5.97 Å². The second kappa shape index (κ2) is 12.3. The van der Waals surface area contributed by atoms with Crippen molar-refractivity contribution >= 4 is 5.97 Å². The molecule has 2 aliphatic heterocycles. The van der Waals surface area contributed by atoms with E-state index < -0.39 is 5.60 Å². The molecule has 4 unspecified atom stereocenters. The van der Waals surface area contributed by atoms with E-state index in [-0.39, 0.29) is 28.4 Å². The predicted octanol–water partition coefficient (Wildman–Crippen LogP) is 7.61. The van der Waals surface area contributed by atoms with Crippen molar-refractivity contribution in [1.29, 1.82) is 0 Å². The Morgan fingerprint density at radius 1 is 0.750 bits per heavy atom. The Balaban J connectivity index is 1.18. The number of hydrogen-bond donors (Lipinski definition) is 0. The summed E-state index contributed by atoms with van der Waals surface area (Å²) in [6.07, 6.45) is 19.3. The highest BCUT2D eigenvalue weighted by molar-refractivity contribution is 5.87. The predicted molar refractivity (Wildman–Crippen MR) is 156 cm³/mol. The van der Waals surface area contributed by atoms with Crippen molar-refractivity contribution < 1.29 is 28.5 Å². The van der Waals surface area contributed by atoms with Crippen LogP contribution in [-0.2, 0) is 28.5 Å². The molecule has 40 heavy (non-hydrogen) atoms. The Kier molecular flexibility index (Phi) is 9.41. The van der Waals surface area contributed by atoms with Gasteiger partial charge in [-0.25, -0.2) is 4.79 Å². The molecule has 4 bridgehead atoms. The zero-order chi connectivity index (χ0) is 28.3. The largest absolute Gasteiger partial charge is 0.455 e. The number of hydrogen-bond acceptors (Lipinski definition) is 6. The van der Waals surface area contributed by atoms with Crippen molar-refractivity contribution in [2.24, 2.45) is 5.92 Å². The highest BCUT2D eigenvalue weighted by atomic mass is 16.6. The van der Waals surface area contributed by atoms with Crippen LogP contribution in [0.15, 0.2) is 12.2 Å². The topological polar surface area (TPSA) is 63.2 Å². The number of esters is 1. The van der Waals surface area contributed by atoms with Crippen LogP contribution in [0, 0.1) is 5.92 Å². The number of carbonyl (C=O) groups is 1. The maximum Gasteiger partial charge on any atom is 0.333 e. The maximum atomic E-state index is 12.8. The Hall–Kier alpha value is -0.950. The summed E-state index contributed by atoms with van der Waals surface area (Å²) in [5, 5.41) is 0. The van der Waals surface area contributed by atoms with Gasteiger partial charge in [-0.3, -0.25) is 0 Å². The zero-order valence-corrected chi connectivity index (χ0v) is 25.8. The van der Waals surface area contributed by atoms with Crippen LogP contribution >= 0.6 is 0 Å². The van der Waals surface area contributed by atoms with Crippen molar-refractivity contribution in [2.45, 2.75) is 164 Å². The van der Waals surface area contributed by atoms with Gasteiger partial charge in [-0.1, -0.05) is 33.3 Å². The average Bonchev–Trinajstić information content (AvgIpc) is 2.83. The number of rotatable bonds is 18. The van der Waals surface area contributed by atoms with Crippen LogP contribution in [0.3, 0.4) is 0 Å². The minimum atomic E-state index is -0.495. The Morgan fingerprint density at radius 2 is 1.20 bits per heavy atom. The van der Waals surface area contributed by atoms with Crippen LogP contribution < -0.4 is 0 Å². The van der Waals surface area contributed by atoms with E-state index in [2.05, 4.69) is 20.4 Å². The molecule has 6 aliphatic rings. The third kappa shape index (κ3) is 6.66. The van der Waals surface area contributed by atoms with Crippen LogP contribution in [-0.4, -0.2) is 60.4 Å². The van der Waals surface area contributed by atoms with Gasteiger partial charge in [0.15, 0.2) is 0 Å². The molecule has 6 heteroatoms. The highest BCUT2D eigenvalue weighted by Gasteiger charge is 2.66. The average molecular weight is 561 g/mol. The molecule has 0 spiro atoms. The summed E-state index contributed by atoms with van der Waals surface area (Å²) in [4.78, 5) is 12.8. The first-order valence-electron chi connectivity index (χ1n) is 16.6. The van der Waals surface area contributed by atoms with Crippen molar-refractivity contribution in [3.63, 3.8) is 0 Å². The SMILES string of the molecule is C=C(C)C(=O)OC12CC3CC(OCCCCC4(CCC)CCO4)(CC(OCCCCC4(CCC)CCO4)(C3)C1)C2. The van der Waals surface area contributed by atoms with E-state index in [9.17, 15) is 4.79 Å². The van der Waals surface area contributed by atoms with Crippen LogP contribution in [0.25, 0.3) is 0 Å². The summed E-state index contributed by atoms with van der Waals surface area (Å²) in [7, 11) is 0. The fourth-order valence-electron chi connectivity index (χ4n) is 9.30. The third-order valence-electron chi connectivity index (χ3n) is 10.8. The summed E-state index contributed by atoms with van der Waals surface area (Å²) in [5.74, 6) is 0.206. The van der Waals surface area contributed by atoms with Gasteiger partial charge in [0.25, 0.3) is 0 Å². The van der Waals surface area contributed by atoms with Gasteiger partial charge in [-0.2, -0.15) is 0 Å². The smallest absolute Gasteiger partial charge is 0.333 e. The first-order chi connectivity index (χ1) is 19.2. The van der Waals surface area contributed by atoms with Crippen LogP contribution in [0.5, 0.6) is 0 Å². The number of carbonyl (C=O) groups excluding carboxylic acids is 1. The van der Waals surface area contributed by atoms with E-state index in [0.29, 0.717) is 11.5 Å². The molecule has 0 aromatic carbocycles. The van der Waals surface area contributed by atoms with Crippen molar-refractivity contribution in [3.05, 3.63) is 12.2 Å². The zero-order valence-electron chi connectivity index (χ0n) is 25.8. The van der Waals surface area contributed by atoms with Crippen LogP contribution in [0.1, 0.15) is 136 Å². The molecule has 2 saturated heterocycles. The third-order valence-corrected chi connectivity index (χ3v) is 10.8. The van der Waals surface area contributed by atoms with Crippen LogP contribution in [0.2, 0.25) is 0 Å². The standard InChI is InChI=1S/C34H56O6/c1-5-11-30(15-19-38-30)13-7-9-17-36-32-21-28-22-33(24-32,26-34(23-28,25-32)40-29(35)27(3)4)37-18-10-8-14-31(12-6-2)16-20-39-31/h28H,3,5-26H2,1-2,4H3. The summed E-state index contributed by atoms with van der Waals surface area (Å²) in [6.45, 7) is 13.5. The second-order valence-corrected chi connectivity index (χ2v) is 14.4. The van der Waals surface area contributed by atoms with E-state index >= 15 is 0 Å². The van der Waals surface area contributed by atoms with E-state index in [1.165, 1.54) is 38.5 Å².